The first-order chi connectivity index (χ1) is 14.5. The lowest BCUT2D eigenvalue weighted by Gasteiger charge is -2.32. The molecule has 1 unspecified atom stereocenters. The van der Waals surface area contributed by atoms with Gasteiger partial charge in [-0.15, -0.1) is 0 Å². The molecule has 2 aliphatic rings. The molecule has 6 heteroatoms. The third-order valence-electron chi connectivity index (χ3n) is 6.26. The molecule has 162 valence electrons. The summed E-state index contributed by atoms with van der Waals surface area (Å²) >= 11 is 0. The standard InChI is InChI=1S/C24H34N4O2/c1-18(2)16-28-22-10-9-20(26(3)17-19-7-5-4-6-8-19)15-21(22)23(25-28)24(29)27-11-13-30-14-12-27/h4-8,18,20H,9-17H2,1-3H3. The highest BCUT2D eigenvalue weighted by atomic mass is 16.5. The van der Waals surface area contributed by atoms with E-state index in [0.29, 0.717) is 44.0 Å². The Morgan fingerprint density at radius 3 is 2.67 bits per heavy atom. The van der Waals surface area contributed by atoms with Gasteiger partial charge in [-0.05, 0) is 37.8 Å². The Kier molecular flexibility index (Phi) is 6.54. The van der Waals surface area contributed by atoms with Crippen LogP contribution in [-0.2, 0) is 30.7 Å². The van der Waals surface area contributed by atoms with Crippen LogP contribution >= 0.6 is 0 Å². The van der Waals surface area contributed by atoms with Crippen molar-refractivity contribution in [3.63, 3.8) is 0 Å². The summed E-state index contributed by atoms with van der Waals surface area (Å²) in [4.78, 5) is 17.7. The Hall–Kier alpha value is -2.18. The number of ether oxygens (including phenoxy) is 1. The Balaban J connectivity index is 1.57. The minimum absolute atomic E-state index is 0.0726. The number of hydrogen-bond donors (Lipinski definition) is 0. The van der Waals surface area contributed by atoms with E-state index in [1.165, 1.54) is 16.8 Å². The molecular formula is C24H34N4O2. The van der Waals surface area contributed by atoms with Gasteiger partial charge in [-0.2, -0.15) is 5.10 Å². The number of morpholine rings is 1. The normalized spacial score (nSPS) is 19.4. The second-order valence-corrected chi connectivity index (χ2v) is 9.05. The van der Waals surface area contributed by atoms with Gasteiger partial charge in [0.15, 0.2) is 5.69 Å². The van der Waals surface area contributed by atoms with Crippen LogP contribution in [0.5, 0.6) is 0 Å². The van der Waals surface area contributed by atoms with E-state index >= 15 is 0 Å². The molecule has 1 amide bonds. The third-order valence-corrected chi connectivity index (χ3v) is 6.26. The molecule has 2 heterocycles. The molecular weight excluding hydrogens is 376 g/mol. The molecule has 1 aliphatic heterocycles. The van der Waals surface area contributed by atoms with Crippen LogP contribution in [0.4, 0.5) is 0 Å². The summed E-state index contributed by atoms with van der Waals surface area (Å²) in [6.07, 6.45) is 2.97. The number of amides is 1. The van der Waals surface area contributed by atoms with Gasteiger partial charge in [-0.3, -0.25) is 14.4 Å². The average Bonchev–Trinajstić information content (AvgIpc) is 3.11. The van der Waals surface area contributed by atoms with Crippen LogP contribution in [0.2, 0.25) is 0 Å². The zero-order chi connectivity index (χ0) is 21.1. The Labute approximate surface area is 179 Å². The van der Waals surface area contributed by atoms with Crippen molar-refractivity contribution in [3.05, 3.63) is 52.8 Å². The van der Waals surface area contributed by atoms with E-state index in [1.54, 1.807) is 0 Å². The zero-order valence-corrected chi connectivity index (χ0v) is 18.5. The van der Waals surface area contributed by atoms with E-state index in [4.69, 9.17) is 9.84 Å². The molecule has 4 rings (SSSR count). The van der Waals surface area contributed by atoms with Crippen molar-refractivity contribution < 1.29 is 9.53 Å². The van der Waals surface area contributed by atoms with Crippen molar-refractivity contribution in [2.45, 2.75) is 52.2 Å². The van der Waals surface area contributed by atoms with Crippen LogP contribution in [0, 0.1) is 5.92 Å². The quantitative estimate of drug-likeness (QED) is 0.735. The van der Waals surface area contributed by atoms with E-state index < -0.39 is 0 Å². The maximum atomic E-state index is 13.3. The van der Waals surface area contributed by atoms with Crippen molar-refractivity contribution in [2.75, 3.05) is 33.4 Å². The van der Waals surface area contributed by atoms with Gasteiger partial charge in [0.25, 0.3) is 5.91 Å². The molecule has 1 atom stereocenters. The molecule has 0 radical (unpaired) electrons. The highest BCUT2D eigenvalue weighted by Crippen LogP contribution is 2.29. The molecule has 2 aromatic rings. The zero-order valence-electron chi connectivity index (χ0n) is 18.5. The van der Waals surface area contributed by atoms with Crippen LogP contribution in [0.25, 0.3) is 0 Å². The fraction of sp³-hybridized carbons (Fsp3) is 0.583. The van der Waals surface area contributed by atoms with E-state index in [9.17, 15) is 4.79 Å². The maximum absolute atomic E-state index is 13.3. The van der Waals surface area contributed by atoms with Crippen LogP contribution < -0.4 is 0 Å². The molecule has 1 aromatic carbocycles. The molecule has 0 saturated carbocycles. The number of hydrogen-bond acceptors (Lipinski definition) is 4. The Morgan fingerprint density at radius 1 is 1.23 bits per heavy atom. The first kappa shape index (κ1) is 21.1. The number of likely N-dealkylation sites (N-methyl/N-ethyl adjacent to an activating group) is 1. The van der Waals surface area contributed by atoms with Crippen LogP contribution in [-0.4, -0.2) is 64.9 Å². The van der Waals surface area contributed by atoms with E-state index in [0.717, 1.165) is 32.4 Å². The van der Waals surface area contributed by atoms with Crippen molar-refractivity contribution >= 4 is 5.91 Å². The smallest absolute Gasteiger partial charge is 0.274 e. The molecule has 30 heavy (non-hydrogen) atoms. The SMILES string of the molecule is CC(C)Cn1nc(C(=O)N2CCOCC2)c2c1CCC(N(C)Cc1ccccc1)C2. The number of carbonyl (C=O) groups excluding carboxylic acids is 1. The van der Waals surface area contributed by atoms with Crippen molar-refractivity contribution in [1.29, 1.82) is 0 Å². The summed E-state index contributed by atoms with van der Waals surface area (Å²) in [5.74, 6) is 0.572. The summed E-state index contributed by atoms with van der Waals surface area (Å²) in [7, 11) is 2.20. The second-order valence-electron chi connectivity index (χ2n) is 9.05. The minimum atomic E-state index is 0.0726. The van der Waals surface area contributed by atoms with Crippen LogP contribution in [0.3, 0.4) is 0 Å². The van der Waals surface area contributed by atoms with Gasteiger partial charge in [-0.1, -0.05) is 44.2 Å². The Bertz CT molecular complexity index is 856. The van der Waals surface area contributed by atoms with Gasteiger partial charge in [0.2, 0.25) is 0 Å². The number of carbonyl (C=O) groups is 1. The fourth-order valence-electron chi connectivity index (χ4n) is 4.63. The highest BCUT2D eigenvalue weighted by Gasteiger charge is 2.33. The lowest BCUT2D eigenvalue weighted by atomic mass is 9.90. The van der Waals surface area contributed by atoms with Gasteiger partial charge in [0.1, 0.15) is 0 Å². The average molecular weight is 411 g/mol. The molecule has 0 bridgehead atoms. The molecule has 1 fully saturated rings. The lowest BCUT2D eigenvalue weighted by molar-refractivity contribution is 0.0297. The lowest BCUT2D eigenvalue weighted by Crippen LogP contribution is -2.42. The number of rotatable bonds is 6. The number of fused-ring (bicyclic) bond motifs is 1. The van der Waals surface area contributed by atoms with Gasteiger partial charge >= 0.3 is 0 Å². The predicted molar refractivity (Wildman–Crippen MR) is 118 cm³/mol. The van der Waals surface area contributed by atoms with Gasteiger partial charge in [-0.25, -0.2) is 0 Å². The van der Waals surface area contributed by atoms with Crippen LogP contribution in [0.1, 0.15) is 47.6 Å². The van der Waals surface area contributed by atoms with Crippen molar-refractivity contribution in [3.8, 4) is 0 Å². The third kappa shape index (κ3) is 4.60. The Morgan fingerprint density at radius 2 is 1.97 bits per heavy atom. The van der Waals surface area contributed by atoms with E-state index in [1.807, 2.05) is 4.90 Å². The summed E-state index contributed by atoms with van der Waals surface area (Å²) < 4.78 is 7.55. The topological polar surface area (TPSA) is 50.6 Å². The number of nitrogens with zero attached hydrogens (tertiary/aromatic N) is 4. The number of aromatic nitrogens is 2. The molecule has 1 saturated heterocycles. The largest absolute Gasteiger partial charge is 0.378 e. The van der Waals surface area contributed by atoms with Gasteiger partial charge in [0.05, 0.1) is 13.2 Å². The van der Waals surface area contributed by atoms with E-state index in [-0.39, 0.29) is 5.91 Å². The number of benzene rings is 1. The fourth-order valence-corrected chi connectivity index (χ4v) is 4.63. The highest BCUT2D eigenvalue weighted by molar-refractivity contribution is 5.94. The molecule has 0 N–H and O–H groups in total. The van der Waals surface area contributed by atoms with Gasteiger partial charge in [0, 0.05) is 43.5 Å². The first-order valence-corrected chi connectivity index (χ1v) is 11.2. The maximum Gasteiger partial charge on any atom is 0.274 e. The summed E-state index contributed by atoms with van der Waals surface area (Å²) in [6, 6.07) is 11.0. The molecule has 1 aromatic heterocycles. The first-order valence-electron chi connectivity index (χ1n) is 11.2. The second kappa shape index (κ2) is 9.31. The predicted octanol–water partition coefficient (Wildman–Crippen LogP) is 3.00. The molecule has 1 aliphatic carbocycles. The summed E-state index contributed by atoms with van der Waals surface area (Å²) in [5, 5.41) is 4.85. The van der Waals surface area contributed by atoms with Crippen molar-refractivity contribution in [2.24, 2.45) is 5.92 Å². The molecule has 6 nitrogen and oxygen atoms in total. The van der Waals surface area contributed by atoms with Gasteiger partial charge < -0.3 is 9.64 Å². The van der Waals surface area contributed by atoms with Crippen molar-refractivity contribution in [1.82, 2.24) is 19.6 Å². The summed E-state index contributed by atoms with van der Waals surface area (Å²) in [5.41, 5.74) is 4.43. The minimum Gasteiger partial charge on any atom is -0.378 e. The van der Waals surface area contributed by atoms with Crippen LogP contribution in [0.15, 0.2) is 30.3 Å². The van der Waals surface area contributed by atoms with E-state index in [2.05, 4.69) is 60.8 Å². The monoisotopic (exact) mass is 410 g/mol. The molecule has 0 spiro atoms. The summed E-state index contributed by atoms with van der Waals surface area (Å²) in [6.45, 7) is 8.74.